The third-order valence-corrected chi connectivity index (χ3v) is 5.02. The van der Waals surface area contributed by atoms with E-state index in [1.54, 1.807) is 4.57 Å². The fraction of sp³-hybridized carbons (Fsp3) is 0.300. The fourth-order valence-corrected chi connectivity index (χ4v) is 3.96. The summed E-state index contributed by atoms with van der Waals surface area (Å²) in [4.78, 5) is 24.3. The number of carbonyl (C=O) groups excluding carboxylic acids is 1. The number of hydrogen-bond acceptors (Lipinski definition) is 4. The van der Waals surface area contributed by atoms with Crippen molar-refractivity contribution in [2.45, 2.75) is 33.7 Å². The highest BCUT2D eigenvalue weighted by Gasteiger charge is 2.12. The number of anilines is 1. The molecule has 0 aliphatic heterocycles. The molecule has 1 heterocycles. The van der Waals surface area contributed by atoms with Crippen LogP contribution in [0.2, 0.25) is 0 Å². The van der Waals surface area contributed by atoms with Crippen LogP contribution in [0.5, 0.6) is 5.75 Å². The molecule has 5 nitrogen and oxygen atoms in total. The molecule has 0 aliphatic carbocycles. The molecular formula is C20H22N2O3S. The minimum atomic E-state index is -0.236. The molecule has 1 aromatic heterocycles. The van der Waals surface area contributed by atoms with Gasteiger partial charge in [-0.25, -0.2) is 0 Å². The molecule has 26 heavy (non-hydrogen) atoms. The highest BCUT2D eigenvalue weighted by atomic mass is 32.1. The van der Waals surface area contributed by atoms with Gasteiger partial charge < -0.3 is 10.1 Å². The number of nitrogens with one attached hydrogen (secondary N) is 1. The summed E-state index contributed by atoms with van der Waals surface area (Å²) >= 11 is 1.19. The first-order chi connectivity index (χ1) is 12.3. The number of nitrogens with zero attached hydrogens (tertiary/aromatic N) is 1. The third-order valence-electron chi connectivity index (χ3n) is 4.10. The van der Waals surface area contributed by atoms with E-state index in [9.17, 15) is 9.59 Å². The highest BCUT2D eigenvalue weighted by molar-refractivity contribution is 7.16. The van der Waals surface area contributed by atoms with Crippen molar-refractivity contribution in [2.24, 2.45) is 0 Å². The average Bonchev–Trinajstić information content (AvgIpc) is 2.89. The van der Waals surface area contributed by atoms with Gasteiger partial charge in [0.15, 0.2) is 6.61 Å². The number of amides is 1. The summed E-state index contributed by atoms with van der Waals surface area (Å²) in [5.74, 6) is 0.466. The summed E-state index contributed by atoms with van der Waals surface area (Å²) in [6.07, 6.45) is 0. The Labute approximate surface area is 156 Å². The van der Waals surface area contributed by atoms with Crippen LogP contribution in [0.4, 0.5) is 5.69 Å². The molecule has 6 heteroatoms. The van der Waals surface area contributed by atoms with Crippen LogP contribution < -0.4 is 14.9 Å². The zero-order chi connectivity index (χ0) is 18.8. The summed E-state index contributed by atoms with van der Waals surface area (Å²) in [6.45, 7) is 7.86. The average molecular weight is 370 g/mol. The van der Waals surface area contributed by atoms with Gasteiger partial charge in [-0.15, -0.1) is 0 Å². The van der Waals surface area contributed by atoms with Crippen LogP contribution in [-0.4, -0.2) is 17.1 Å². The van der Waals surface area contributed by atoms with Crippen molar-refractivity contribution in [3.05, 3.63) is 57.2 Å². The molecule has 136 valence electrons. The van der Waals surface area contributed by atoms with E-state index in [-0.39, 0.29) is 23.4 Å². The topological polar surface area (TPSA) is 60.3 Å². The Morgan fingerprint density at radius 1 is 1.19 bits per heavy atom. The third kappa shape index (κ3) is 3.80. The first-order valence-electron chi connectivity index (χ1n) is 8.50. The van der Waals surface area contributed by atoms with Crippen LogP contribution in [-0.2, 0) is 4.79 Å². The first kappa shape index (κ1) is 18.2. The largest absolute Gasteiger partial charge is 0.483 e. The summed E-state index contributed by atoms with van der Waals surface area (Å²) in [5.41, 5.74) is 3.70. The minimum absolute atomic E-state index is 0.0108. The maximum atomic E-state index is 12.2. The van der Waals surface area contributed by atoms with Crippen LogP contribution >= 0.6 is 11.3 Å². The second-order valence-corrected chi connectivity index (χ2v) is 7.61. The molecule has 0 saturated heterocycles. The van der Waals surface area contributed by atoms with Crippen molar-refractivity contribution in [3.8, 4) is 5.75 Å². The lowest BCUT2D eigenvalue weighted by molar-refractivity contribution is -0.118. The second-order valence-electron chi connectivity index (χ2n) is 6.62. The number of hydrogen-bond donors (Lipinski definition) is 1. The predicted octanol–water partition coefficient (Wildman–Crippen LogP) is 4.28. The zero-order valence-electron chi connectivity index (χ0n) is 15.3. The van der Waals surface area contributed by atoms with Gasteiger partial charge in [-0.1, -0.05) is 29.0 Å². The van der Waals surface area contributed by atoms with Crippen molar-refractivity contribution in [3.63, 3.8) is 0 Å². The molecule has 0 unspecified atom stereocenters. The first-order valence-corrected chi connectivity index (χ1v) is 9.32. The summed E-state index contributed by atoms with van der Waals surface area (Å²) < 4.78 is 8.22. The van der Waals surface area contributed by atoms with Crippen LogP contribution in [0, 0.1) is 13.8 Å². The van der Waals surface area contributed by atoms with Crippen LogP contribution in [0.1, 0.15) is 31.0 Å². The van der Waals surface area contributed by atoms with Gasteiger partial charge in [-0.2, -0.15) is 0 Å². The number of benzene rings is 2. The number of fused-ring (bicyclic) bond motifs is 1. The second kappa shape index (κ2) is 7.33. The Balaban J connectivity index is 1.70. The Hall–Kier alpha value is -2.60. The molecule has 0 aliphatic rings. The smallest absolute Gasteiger partial charge is 0.308 e. The van der Waals surface area contributed by atoms with E-state index in [1.165, 1.54) is 11.3 Å². The Kier molecular flexibility index (Phi) is 5.13. The number of ether oxygens (including phenoxy) is 1. The summed E-state index contributed by atoms with van der Waals surface area (Å²) in [6, 6.07) is 11.4. The lowest BCUT2D eigenvalue weighted by Gasteiger charge is -2.11. The quantitative estimate of drug-likeness (QED) is 0.729. The van der Waals surface area contributed by atoms with Gasteiger partial charge in [0.25, 0.3) is 5.91 Å². The maximum Gasteiger partial charge on any atom is 0.308 e. The van der Waals surface area contributed by atoms with E-state index in [0.717, 1.165) is 21.3 Å². The van der Waals surface area contributed by atoms with E-state index >= 15 is 0 Å². The van der Waals surface area contributed by atoms with E-state index in [2.05, 4.69) is 5.32 Å². The van der Waals surface area contributed by atoms with Gasteiger partial charge >= 0.3 is 4.87 Å². The molecule has 0 saturated carbocycles. The van der Waals surface area contributed by atoms with E-state index in [4.69, 9.17) is 4.74 Å². The van der Waals surface area contributed by atoms with Crippen LogP contribution in [0.25, 0.3) is 10.2 Å². The summed E-state index contributed by atoms with van der Waals surface area (Å²) in [5, 5.41) is 2.82. The lowest BCUT2D eigenvalue weighted by Crippen LogP contribution is -2.20. The molecule has 3 rings (SSSR count). The molecule has 1 amide bonds. The van der Waals surface area contributed by atoms with Gasteiger partial charge in [0, 0.05) is 11.7 Å². The van der Waals surface area contributed by atoms with Gasteiger partial charge in [0.2, 0.25) is 0 Å². The summed E-state index contributed by atoms with van der Waals surface area (Å²) in [7, 11) is 0. The Morgan fingerprint density at radius 2 is 1.96 bits per heavy atom. The minimum Gasteiger partial charge on any atom is -0.483 e. The van der Waals surface area contributed by atoms with E-state index in [0.29, 0.717) is 11.4 Å². The van der Waals surface area contributed by atoms with Crippen molar-refractivity contribution < 1.29 is 9.53 Å². The number of aryl methyl sites for hydroxylation is 2. The van der Waals surface area contributed by atoms with E-state index < -0.39 is 0 Å². The molecule has 0 radical (unpaired) electrons. The molecule has 1 N–H and O–H groups in total. The Morgan fingerprint density at radius 3 is 2.65 bits per heavy atom. The fourth-order valence-electron chi connectivity index (χ4n) is 2.90. The van der Waals surface area contributed by atoms with Gasteiger partial charge in [-0.3, -0.25) is 14.2 Å². The van der Waals surface area contributed by atoms with Gasteiger partial charge in [0.05, 0.1) is 10.2 Å². The van der Waals surface area contributed by atoms with Gasteiger partial charge in [-0.05, 0) is 57.5 Å². The molecule has 2 aromatic carbocycles. The molecule has 0 bridgehead atoms. The molecule has 0 fully saturated rings. The Bertz CT molecular complexity index is 1020. The molecule has 3 aromatic rings. The normalized spacial score (nSPS) is 11.1. The predicted molar refractivity (Wildman–Crippen MR) is 107 cm³/mol. The van der Waals surface area contributed by atoms with E-state index in [1.807, 2.05) is 64.1 Å². The lowest BCUT2D eigenvalue weighted by atomic mass is 10.1. The molecular weight excluding hydrogens is 348 g/mol. The van der Waals surface area contributed by atoms with Crippen molar-refractivity contribution in [1.82, 2.24) is 4.57 Å². The number of aromatic nitrogens is 1. The zero-order valence-corrected chi connectivity index (χ0v) is 16.1. The standard InChI is InChI=1S/C20H22N2O3S/c1-12(2)22-16-7-6-15(10-18(16)26-20(22)24)21-19(23)11-25-17-8-5-13(3)9-14(17)4/h5-10,12H,11H2,1-4H3,(H,21,23). The monoisotopic (exact) mass is 370 g/mol. The van der Waals surface area contributed by atoms with Crippen molar-refractivity contribution >= 4 is 33.1 Å². The van der Waals surface area contributed by atoms with Crippen LogP contribution in [0.3, 0.4) is 0 Å². The van der Waals surface area contributed by atoms with Crippen LogP contribution in [0.15, 0.2) is 41.2 Å². The van der Waals surface area contributed by atoms with Crippen molar-refractivity contribution in [1.29, 1.82) is 0 Å². The molecule has 0 spiro atoms. The maximum absolute atomic E-state index is 12.2. The highest BCUT2D eigenvalue weighted by Crippen LogP contribution is 2.24. The number of carbonyl (C=O) groups is 1. The van der Waals surface area contributed by atoms with Gasteiger partial charge in [0.1, 0.15) is 5.75 Å². The van der Waals surface area contributed by atoms with Crippen molar-refractivity contribution in [2.75, 3.05) is 11.9 Å². The number of thiazole rings is 1. The number of rotatable bonds is 5. The molecule has 0 atom stereocenters. The SMILES string of the molecule is Cc1ccc(OCC(=O)Nc2ccc3c(c2)sc(=O)n3C(C)C)c(C)c1.